The van der Waals surface area contributed by atoms with Gasteiger partial charge in [0.1, 0.15) is 5.75 Å². The minimum absolute atomic E-state index is 0.235. The highest BCUT2D eigenvalue weighted by Gasteiger charge is 2.13. The Hall–Kier alpha value is -0.320. The van der Waals surface area contributed by atoms with E-state index in [0.29, 0.717) is 0 Å². The minimum atomic E-state index is 0.235. The third kappa shape index (κ3) is 5.67. The molecule has 0 amide bonds. The van der Waals surface area contributed by atoms with Crippen molar-refractivity contribution in [2.24, 2.45) is 0 Å². The van der Waals surface area contributed by atoms with Crippen molar-refractivity contribution in [2.45, 2.75) is 31.7 Å². The van der Waals surface area contributed by atoms with E-state index < -0.39 is 0 Å². The molecule has 1 N–H and O–H groups in total. The molecule has 1 aromatic carbocycles. The van der Waals surface area contributed by atoms with Gasteiger partial charge in [-0.2, -0.15) is 23.5 Å². The Bertz CT molecular complexity index is 378. The van der Waals surface area contributed by atoms with Crippen molar-refractivity contribution in [3.8, 4) is 5.75 Å². The van der Waals surface area contributed by atoms with Crippen molar-refractivity contribution >= 4 is 23.5 Å². The molecule has 1 atom stereocenters. The van der Waals surface area contributed by atoms with Gasteiger partial charge in [-0.15, -0.1) is 0 Å². The van der Waals surface area contributed by atoms with Gasteiger partial charge in [-0.1, -0.05) is 12.1 Å². The number of rotatable bonds is 6. The fraction of sp³-hybridized carbons (Fsp3) is 0.600. The van der Waals surface area contributed by atoms with Crippen LogP contribution in [0.2, 0.25) is 0 Å². The molecular formula is C15H23NOS2. The summed E-state index contributed by atoms with van der Waals surface area (Å²) in [6.07, 6.45) is 0.235. The van der Waals surface area contributed by atoms with E-state index in [1.165, 1.54) is 22.8 Å². The van der Waals surface area contributed by atoms with Gasteiger partial charge in [-0.05, 0) is 31.5 Å². The average molecular weight is 297 g/mol. The second-order valence-electron chi connectivity index (χ2n) is 5.01. The molecule has 1 unspecified atom stereocenters. The van der Waals surface area contributed by atoms with E-state index >= 15 is 0 Å². The van der Waals surface area contributed by atoms with Crippen LogP contribution in [0, 0.1) is 0 Å². The summed E-state index contributed by atoms with van der Waals surface area (Å²) in [7, 11) is 0. The van der Waals surface area contributed by atoms with Crippen LogP contribution in [0.3, 0.4) is 0 Å². The van der Waals surface area contributed by atoms with Crippen molar-refractivity contribution < 1.29 is 4.74 Å². The number of benzene rings is 1. The number of nitrogens with one attached hydrogen (secondary N) is 1. The molecule has 2 rings (SSSR count). The van der Waals surface area contributed by atoms with Gasteiger partial charge in [-0.25, -0.2) is 0 Å². The largest absolute Gasteiger partial charge is 0.491 e. The first kappa shape index (κ1) is 15.1. The molecule has 1 fully saturated rings. The standard InChI is InChI=1S/C15H23NOS2/c1-12(2)17-14-5-3-4-13(8-14)9-16-10-15-11-18-6-7-19-15/h3-5,8,12,15-16H,6-7,9-11H2,1-2H3. The highest BCUT2D eigenvalue weighted by Crippen LogP contribution is 2.23. The summed E-state index contributed by atoms with van der Waals surface area (Å²) in [5, 5.41) is 4.33. The van der Waals surface area contributed by atoms with Crippen LogP contribution in [0.1, 0.15) is 19.4 Å². The van der Waals surface area contributed by atoms with Crippen LogP contribution in [0.25, 0.3) is 0 Å². The number of ether oxygens (including phenoxy) is 1. The fourth-order valence-corrected chi connectivity index (χ4v) is 4.68. The van der Waals surface area contributed by atoms with Gasteiger partial charge in [0.15, 0.2) is 0 Å². The molecule has 1 saturated heterocycles. The quantitative estimate of drug-likeness (QED) is 0.868. The van der Waals surface area contributed by atoms with Crippen LogP contribution in [-0.4, -0.2) is 35.2 Å². The molecule has 1 heterocycles. The molecule has 1 aliphatic heterocycles. The Kier molecular flexibility index (Phi) is 6.41. The van der Waals surface area contributed by atoms with Crippen LogP contribution in [0.4, 0.5) is 0 Å². The third-order valence-electron chi connectivity index (χ3n) is 2.86. The van der Waals surface area contributed by atoms with Crippen molar-refractivity contribution in [2.75, 3.05) is 23.8 Å². The van der Waals surface area contributed by atoms with Crippen molar-refractivity contribution in [3.05, 3.63) is 29.8 Å². The Morgan fingerprint density at radius 3 is 3.00 bits per heavy atom. The average Bonchev–Trinajstić information content (AvgIpc) is 2.40. The lowest BCUT2D eigenvalue weighted by Crippen LogP contribution is -2.28. The van der Waals surface area contributed by atoms with Gasteiger partial charge >= 0.3 is 0 Å². The summed E-state index contributed by atoms with van der Waals surface area (Å²) in [6, 6.07) is 8.38. The predicted octanol–water partition coefficient (Wildman–Crippen LogP) is 3.41. The van der Waals surface area contributed by atoms with Gasteiger partial charge in [0.2, 0.25) is 0 Å². The van der Waals surface area contributed by atoms with E-state index in [0.717, 1.165) is 24.1 Å². The number of hydrogen-bond acceptors (Lipinski definition) is 4. The van der Waals surface area contributed by atoms with E-state index in [-0.39, 0.29) is 6.10 Å². The fourth-order valence-electron chi connectivity index (χ4n) is 2.03. The van der Waals surface area contributed by atoms with E-state index in [2.05, 4.69) is 60.9 Å². The molecule has 0 bridgehead atoms. The summed E-state index contributed by atoms with van der Waals surface area (Å²) in [6.45, 7) is 6.15. The molecule has 19 heavy (non-hydrogen) atoms. The first-order valence-corrected chi connectivity index (χ1v) is 9.10. The first-order valence-electron chi connectivity index (χ1n) is 6.89. The van der Waals surface area contributed by atoms with Crippen LogP contribution in [-0.2, 0) is 6.54 Å². The Morgan fingerprint density at radius 2 is 2.26 bits per heavy atom. The van der Waals surface area contributed by atoms with Crippen LogP contribution in [0.5, 0.6) is 5.75 Å². The van der Waals surface area contributed by atoms with Crippen LogP contribution >= 0.6 is 23.5 Å². The Labute approximate surface area is 125 Å². The smallest absolute Gasteiger partial charge is 0.120 e. The Morgan fingerprint density at radius 1 is 1.37 bits per heavy atom. The zero-order valence-corrected chi connectivity index (χ0v) is 13.4. The maximum absolute atomic E-state index is 5.72. The third-order valence-corrected chi connectivity index (χ3v) is 5.70. The summed E-state index contributed by atoms with van der Waals surface area (Å²) < 4.78 is 5.72. The molecule has 0 radical (unpaired) electrons. The van der Waals surface area contributed by atoms with Crippen LogP contribution < -0.4 is 10.1 Å². The van der Waals surface area contributed by atoms with Gasteiger partial charge in [0.25, 0.3) is 0 Å². The van der Waals surface area contributed by atoms with Gasteiger partial charge in [0.05, 0.1) is 6.10 Å². The Balaban J connectivity index is 1.75. The van der Waals surface area contributed by atoms with Gasteiger partial charge in [-0.3, -0.25) is 0 Å². The monoisotopic (exact) mass is 297 g/mol. The normalized spacial score (nSPS) is 19.6. The maximum atomic E-state index is 5.72. The van der Waals surface area contributed by atoms with Crippen molar-refractivity contribution in [1.82, 2.24) is 5.32 Å². The zero-order valence-electron chi connectivity index (χ0n) is 11.7. The molecule has 1 aliphatic rings. The second kappa shape index (κ2) is 8.08. The van der Waals surface area contributed by atoms with E-state index in [9.17, 15) is 0 Å². The molecule has 0 aromatic heterocycles. The summed E-state index contributed by atoms with van der Waals surface area (Å²) in [4.78, 5) is 0. The topological polar surface area (TPSA) is 21.3 Å². The minimum Gasteiger partial charge on any atom is -0.491 e. The first-order chi connectivity index (χ1) is 9.24. The molecule has 0 aliphatic carbocycles. The molecule has 1 aromatic rings. The molecule has 0 spiro atoms. The molecular weight excluding hydrogens is 274 g/mol. The zero-order chi connectivity index (χ0) is 13.5. The molecule has 106 valence electrons. The maximum Gasteiger partial charge on any atom is 0.120 e. The van der Waals surface area contributed by atoms with Gasteiger partial charge < -0.3 is 10.1 Å². The second-order valence-corrected chi connectivity index (χ2v) is 7.57. The van der Waals surface area contributed by atoms with Crippen LogP contribution in [0.15, 0.2) is 24.3 Å². The number of thioether (sulfide) groups is 2. The van der Waals surface area contributed by atoms with Crippen molar-refractivity contribution in [3.63, 3.8) is 0 Å². The van der Waals surface area contributed by atoms with E-state index in [4.69, 9.17) is 4.74 Å². The lowest BCUT2D eigenvalue weighted by Gasteiger charge is -2.21. The predicted molar refractivity (Wildman–Crippen MR) is 87.5 cm³/mol. The lowest BCUT2D eigenvalue weighted by atomic mass is 10.2. The number of hydrogen-bond donors (Lipinski definition) is 1. The van der Waals surface area contributed by atoms with E-state index in [1.807, 2.05) is 6.07 Å². The highest BCUT2D eigenvalue weighted by atomic mass is 32.2. The molecule has 2 nitrogen and oxygen atoms in total. The summed E-state index contributed by atoms with van der Waals surface area (Å²) in [5.74, 6) is 4.87. The molecule has 4 heteroatoms. The summed E-state index contributed by atoms with van der Waals surface area (Å²) in [5.41, 5.74) is 1.30. The highest BCUT2D eigenvalue weighted by molar-refractivity contribution is 8.06. The summed E-state index contributed by atoms with van der Waals surface area (Å²) >= 11 is 4.18. The molecule has 0 saturated carbocycles. The SMILES string of the molecule is CC(C)Oc1cccc(CNCC2CSCCS2)c1. The van der Waals surface area contributed by atoms with Gasteiger partial charge in [0, 0.05) is 35.6 Å². The van der Waals surface area contributed by atoms with Crippen molar-refractivity contribution in [1.29, 1.82) is 0 Å². The van der Waals surface area contributed by atoms with E-state index in [1.54, 1.807) is 0 Å². The lowest BCUT2D eigenvalue weighted by molar-refractivity contribution is 0.242.